The number of rotatable bonds is 14. The van der Waals surface area contributed by atoms with E-state index >= 15 is 0 Å². The number of amides is 4. The average molecular weight is 1380 g/mol. The van der Waals surface area contributed by atoms with E-state index in [2.05, 4.69) is 47.8 Å². The van der Waals surface area contributed by atoms with E-state index in [-0.39, 0.29) is 74.1 Å². The van der Waals surface area contributed by atoms with Crippen molar-refractivity contribution in [3.05, 3.63) is 218 Å². The number of non-ortho nitro benzene ring substituents is 2. The van der Waals surface area contributed by atoms with Crippen molar-refractivity contribution in [2.45, 2.75) is 72.4 Å². The van der Waals surface area contributed by atoms with E-state index in [1.54, 1.807) is 24.5 Å². The summed E-state index contributed by atoms with van der Waals surface area (Å²) < 4.78 is 20.3. The van der Waals surface area contributed by atoms with E-state index in [9.17, 15) is 39.4 Å². The first-order valence-corrected chi connectivity index (χ1v) is 29.7. The summed E-state index contributed by atoms with van der Waals surface area (Å²) >= 11 is 1.11. The van der Waals surface area contributed by atoms with Crippen molar-refractivity contribution < 1.29 is 87.6 Å². The number of aliphatic hydroxyl groups excluding tert-OH is 2. The Labute approximate surface area is 563 Å². The van der Waals surface area contributed by atoms with E-state index in [1.165, 1.54) is 55.7 Å². The molecule has 31 heteroatoms. The minimum Gasteiger partial charge on any atom is -0.481 e. The van der Waals surface area contributed by atoms with E-state index < -0.39 is 40.2 Å². The summed E-state index contributed by atoms with van der Waals surface area (Å²) in [4.78, 5) is 93.6. The number of aromatic nitrogens is 4. The number of carboxylic acids is 1. The minimum absolute atomic E-state index is 0. The normalized spacial score (nSPS) is 10.3. The van der Waals surface area contributed by atoms with Gasteiger partial charge >= 0.3 is 24.4 Å². The Balaban J connectivity index is 0.000000410. The minimum atomic E-state index is -0.833. The van der Waals surface area contributed by atoms with Crippen molar-refractivity contribution >= 4 is 110 Å². The molecule has 0 saturated heterocycles. The molecule has 2 heterocycles. The third kappa shape index (κ3) is 34.8. The largest absolute Gasteiger partial charge is 0.481 e. The molecule has 0 atom stereocenters. The van der Waals surface area contributed by atoms with Crippen LogP contribution in [0.2, 0.25) is 0 Å². The summed E-state index contributed by atoms with van der Waals surface area (Å²) in [6.45, 7) is 4.07. The molecule has 1 aliphatic rings. The van der Waals surface area contributed by atoms with E-state index in [4.69, 9.17) is 56.3 Å². The second-order valence-electron chi connectivity index (χ2n) is 18.9. The van der Waals surface area contributed by atoms with Gasteiger partial charge in [0.15, 0.2) is 5.17 Å². The third-order valence-corrected chi connectivity index (χ3v) is 11.8. The van der Waals surface area contributed by atoms with Gasteiger partial charge in [-0.1, -0.05) is 166 Å². The zero-order chi connectivity index (χ0) is 69.0. The first-order chi connectivity index (χ1) is 45.2. The molecular weight excluding hydrogens is 1300 g/mol. The number of anilines is 5. The molecule has 0 spiro atoms. The number of aliphatic imine (C=N–C) groups is 1. The number of thioether (sulfide) groups is 1. The van der Waals surface area contributed by atoms with Crippen LogP contribution in [0.25, 0.3) is 22.1 Å². The fourth-order valence-electron chi connectivity index (χ4n) is 6.61. The standard InChI is InChI=1S/C18H18N2O4S.C15H12N4O4.C15H14N4O2.C6H7N3O2.C4H10O.C3H6.C2H4O2.CH4O.Zn/c1-25-16(19-17(21)23-12-14-8-4-2-5-9-14)20-18(22)24-13-15-10-6-3-7-11-15;20-15(23-9-10-4-2-1-3-5-10)18-14-16-12-7-6-11(19(21)22)8-13(12)17-14;16-11-6-7-12-13(8-11)18-14(17-12)19-15(20)21-9-10-4-2-1-3-5-10;7-5-2-1-4(9(10)11)3-6(5)8;1-2-3-4-5;1-2-3-1;1-2(3)4;1-2;/h2-11H,12-13H2,1H3,(H,19,20,21,22);1-8H,9H2,(H2,16,17,18,20);1-8H,9,16H2,(H2,17,18,19,20);1-3H,7-8H2;5H,2-4H2,1H3;1-3H2;1H3,(H,3,4);2H,1H3;. The molecule has 10 rings (SSSR count). The van der Waals surface area contributed by atoms with Crippen LogP contribution in [-0.2, 0) is 69.6 Å². The number of aromatic amines is 2. The Kier molecular flexibility index (Phi) is 38.9. The van der Waals surface area contributed by atoms with Gasteiger partial charge < -0.3 is 61.4 Å². The van der Waals surface area contributed by atoms with Gasteiger partial charge in [0.1, 0.15) is 26.4 Å². The summed E-state index contributed by atoms with van der Waals surface area (Å²) in [5.41, 5.74) is 23.4. The molecule has 95 heavy (non-hydrogen) atoms. The number of carbonyl (C=O) groups is 5. The summed E-state index contributed by atoms with van der Waals surface area (Å²) in [5, 5.41) is 50.9. The molecule has 1 fully saturated rings. The Morgan fingerprint density at radius 2 is 0.958 bits per heavy atom. The van der Waals surface area contributed by atoms with Crippen LogP contribution in [0.4, 0.5) is 59.5 Å². The number of nitro benzene ring substituents is 2. The van der Waals surface area contributed by atoms with Crippen molar-refractivity contribution in [3.63, 3.8) is 0 Å². The first-order valence-electron chi connectivity index (χ1n) is 28.5. The number of ether oxygens (including phenoxy) is 4. The number of nitrogens with zero attached hydrogens (tertiary/aromatic N) is 5. The predicted molar refractivity (Wildman–Crippen MR) is 360 cm³/mol. The summed E-state index contributed by atoms with van der Waals surface area (Å²) in [6.07, 6.45) is 5.52. The molecule has 500 valence electrons. The van der Waals surface area contributed by atoms with Crippen molar-refractivity contribution in [1.29, 1.82) is 0 Å². The van der Waals surface area contributed by atoms with Crippen LogP contribution < -0.4 is 33.2 Å². The number of benzene rings is 7. The number of fused-ring (bicyclic) bond motifs is 2. The molecule has 1 saturated carbocycles. The molecule has 0 radical (unpaired) electrons. The van der Waals surface area contributed by atoms with Gasteiger partial charge in [-0.2, -0.15) is 4.99 Å². The second kappa shape index (κ2) is 46.1. The predicted octanol–water partition coefficient (Wildman–Crippen LogP) is 12.5. The van der Waals surface area contributed by atoms with Crippen molar-refractivity contribution in [2.75, 3.05) is 47.8 Å². The first kappa shape index (κ1) is 80.1. The average Bonchev–Trinajstić information content (AvgIpc) is 1.73. The van der Waals surface area contributed by atoms with Crippen molar-refractivity contribution in [2.24, 2.45) is 4.99 Å². The van der Waals surface area contributed by atoms with Crippen molar-refractivity contribution in [1.82, 2.24) is 25.3 Å². The van der Waals surface area contributed by atoms with Gasteiger partial charge in [0.25, 0.3) is 17.3 Å². The fraction of sp³-hybridized carbons (Fsp3) is 0.219. The van der Waals surface area contributed by atoms with Gasteiger partial charge in [-0.05, 0) is 65.3 Å². The number of nitro groups is 2. The number of hydrogen-bond donors (Lipinski definition) is 11. The maximum atomic E-state index is 11.8. The zero-order valence-electron chi connectivity index (χ0n) is 52.5. The molecule has 1 aliphatic carbocycles. The number of imidazole rings is 2. The topological polar surface area (TPSA) is 453 Å². The van der Waals surface area contributed by atoms with Crippen LogP contribution >= 0.6 is 11.8 Å². The quantitative estimate of drug-likeness (QED) is 0.00916. The Morgan fingerprint density at radius 1 is 0.579 bits per heavy atom. The molecule has 7 aromatic carbocycles. The number of hydrogen-bond acceptors (Lipinski definition) is 21. The van der Waals surface area contributed by atoms with Gasteiger partial charge in [0.2, 0.25) is 11.9 Å². The van der Waals surface area contributed by atoms with Gasteiger partial charge in [-0.3, -0.25) is 41.0 Å². The summed E-state index contributed by atoms with van der Waals surface area (Å²) in [7, 11) is 1.00. The third-order valence-electron chi connectivity index (χ3n) is 11.2. The number of aliphatic carboxylic acids is 1. The van der Waals surface area contributed by atoms with E-state index in [1.807, 2.05) is 121 Å². The van der Waals surface area contributed by atoms with Crippen molar-refractivity contribution in [3.8, 4) is 0 Å². The number of alkyl carbamates (subject to hydrolysis) is 1. The van der Waals surface area contributed by atoms with Gasteiger partial charge in [0, 0.05) is 70.1 Å². The number of nitrogen functional groups attached to an aromatic ring is 3. The number of amidine groups is 1. The van der Waals surface area contributed by atoms with Crippen LogP contribution in [0.15, 0.2) is 181 Å². The molecule has 2 aromatic heterocycles. The van der Waals surface area contributed by atoms with Gasteiger partial charge in [-0.25, -0.2) is 29.1 Å². The van der Waals surface area contributed by atoms with Crippen LogP contribution in [0.3, 0.4) is 0 Å². The maximum absolute atomic E-state index is 11.8. The molecule has 29 nitrogen and oxygen atoms in total. The molecular formula is C64H75N13O16SZn. The summed E-state index contributed by atoms with van der Waals surface area (Å²) in [5.74, 6) is -0.341. The Morgan fingerprint density at radius 3 is 1.33 bits per heavy atom. The SMILES string of the molecule is C1CC1.CC(=O)O.CCCCO.CO.CSC(=NC(=O)OCc1ccccc1)NC(=O)OCc1ccccc1.Nc1ccc([N+](=O)[O-])cc1N.Nc1ccc2nc(NC(=O)OCc3ccccc3)[nH]c2c1.O=C(Nc1nc2ccc([N+](=O)[O-])cc2[nH]1)OCc1ccccc1.[Zn]. The van der Waals surface area contributed by atoms with Crippen LogP contribution in [0, 0.1) is 20.2 Å². The smallest absolute Gasteiger partial charge is 0.436 e. The molecule has 4 amide bonds. The molecule has 9 aromatic rings. The monoisotopic (exact) mass is 1380 g/mol. The summed E-state index contributed by atoms with van der Waals surface area (Å²) in [6, 6.07) is 50.7. The van der Waals surface area contributed by atoms with Crippen LogP contribution in [0.5, 0.6) is 0 Å². The molecule has 14 N–H and O–H groups in total. The fourth-order valence-corrected chi connectivity index (χ4v) is 6.96. The van der Waals surface area contributed by atoms with Gasteiger partial charge in [0.05, 0.1) is 43.3 Å². The second-order valence-corrected chi connectivity index (χ2v) is 19.6. The zero-order valence-corrected chi connectivity index (χ0v) is 56.3. The Hall–Kier alpha value is -11.0. The molecule has 0 unspecified atom stereocenters. The number of H-pyrrole nitrogens is 2. The van der Waals surface area contributed by atoms with Crippen LogP contribution in [-0.4, -0.2) is 101 Å². The number of aliphatic hydroxyl groups is 2. The van der Waals surface area contributed by atoms with Crippen LogP contribution in [0.1, 0.15) is 68.2 Å². The van der Waals surface area contributed by atoms with Gasteiger partial charge in [-0.15, -0.1) is 0 Å². The number of unbranched alkanes of at least 4 members (excludes halogenated alkanes) is 1. The molecule has 0 aliphatic heterocycles. The number of carbonyl (C=O) groups excluding carboxylic acids is 4. The Bertz CT molecular complexity index is 3790. The number of nitrogens with two attached hydrogens (primary N) is 3. The van der Waals surface area contributed by atoms with E-state index in [0.717, 1.165) is 71.9 Å². The molecule has 0 bridgehead atoms. The van der Waals surface area contributed by atoms with E-state index in [0.29, 0.717) is 35.0 Å². The number of carboxylic acid groups (broad SMARTS) is 1. The number of nitrogens with one attached hydrogen (secondary N) is 5. The maximum Gasteiger partial charge on any atom is 0.436 e.